The standard InChI is InChI=1S/C14H19BrN2O2S.ClH/c1-9-2-4-12(15)14(6-9)20(18,19)17-7-10-3-5-13(16)11(10)8-17;/h2,4,6,10-11,13H,3,5,7-8,16H2,1H3;1H. The minimum absolute atomic E-state index is 0. The number of nitrogens with zero attached hydrogens (tertiary/aromatic N) is 1. The molecule has 1 aliphatic carbocycles. The Morgan fingerprint density at radius 3 is 2.67 bits per heavy atom. The fourth-order valence-corrected chi connectivity index (χ4v) is 5.95. The molecule has 2 N–H and O–H groups in total. The van der Waals surface area contributed by atoms with Crippen molar-refractivity contribution in [1.82, 2.24) is 4.31 Å². The molecule has 0 radical (unpaired) electrons. The quantitative estimate of drug-likeness (QED) is 0.837. The van der Waals surface area contributed by atoms with E-state index < -0.39 is 10.0 Å². The minimum atomic E-state index is -3.43. The van der Waals surface area contributed by atoms with E-state index in [1.165, 1.54) is 0 Å². The van der Waals surface area contributed by atoms with Crippen LogP contribution in [0, 0.1) is 18.8 Å². The third-order valence-electron chi connectivity index (χ3n) is 4.58. The smallest absolute Gasteiger partial charge is 0.244 e. The van der Waals surface area contributed by atoms with E-state index in [0.717, 1.165) is 18.4 Å². The van der Waals surface area contributed by atoms with Crippen molar-refractivity contribution in [1.29, 1.82) is 0 Å². The molecule has 0 bridgehead atoms. The molecule has 0 amide bonds. The van der Waals surface area contributed by atoms with Crippen molar-refractivity contribution in [2.45, 2.75) is 30.7 Å². The molecule has 21 heavy (non-hydrogen) atoms. The Bertz CT molecular complexity index is 638. The van der Waals surface area contributed by atoms with Crippen molar-refractivity contribution in [2.24, 2.45) is 17.6 Å². The summed E-state index contributed by atoms with van der Waals surface area (Å²) < 4.78 is 27.8. The van der Waals surface area contributed by atoms with E-state index in [-0.39, 0.29) is 18.4 Å². The minimum Gasteiger partial charge on any atom is -0.327 e. The molecule has 1 saturated carbocycles. The zero-order valence-electron chi connectivity index (χ0n) is 11.8. The van der Waals surface area contributed by atoms with Crippen LogP contribution >= 0.6 is 28.3 Å². The van der Waals surface area contributed by atoms with E-state index in [2.05, 4.69) is 15.9 Å². The second-order valence-corrected chi connectivity index (χ2v) is 8.68. The van der Waals surface area contributed by atoms with Gasteiger partial charge in [-0.05, 0) is 65.2 Å². The van der Waals surface area contributed by atoms with Crippen LogP contribution in [-0.2, 0) is 10.0 Å². The number of rotatable bonds is 2. The van der Waals surface area contributed by atoms with Crippen LogP contribution in [0.1, 0.15) is 18.4 Å². The van der Waals surface area contributed by atoms with Crippen LogP contribution in [0.3, 0.4) is 0 Å². The zero-order valence-corrected chi connectivity index (χ0v) is 15.0. The molecule has 7 heteroatoms. The topological polar surface area (TPSA) is 63.4 Å². The molecular formula is C14H20BrClN2O2S. The van der Waals surface area contributed by atoms with E-state index >= 15 is 0 Å². The van der Waals surface area contributed by atoms with Gasteiger partial charge < -0.3 is 5.73 Å². The normalized spacial score (nSPS) is 29.2. The molecule has 1 aliphatic heterocycles. The van der Waals surface area contributed by atoms with Crippen LogP contribution in [0.5, 0.6) is 0 Å². The summed E-state index contributed by atoms with van der Waals surface area (Å²) in [5.41, 5.74) is 7.03. The average Bonchev–Trinajstić information content (AvgIpc) is 2.95. The summed E-state index contributed by atoms with van der Waals surface area (Å²) in [6, 6.07) is 5.58. The molecule has 0 aromatic heterocycles. The first kappa shape index (κ1) is 17.2. The predicted octanol–water partition coefficient (Wildman–Crippen LogP) is 2.54. The molecule has 1 heterocycles. The number of hydrogen-bond acceptors (Lipinski definition) is 3. The molecule has 2 aliphatic rings. The Kier molecular flexibility index (Phi) is 5.05. The van der Waals surface area contributed by atoms with Gasteiger partial charge in [-0.25, -0.2) is 8.42 Å². The molecule has 1 aromatic rings. The molecular weight excluding hydrogens is 376 g/mol. The van der Waals surface area contributed by atoms with Crippen LogP contribution in [0.4, 0.5) is 0 Å². The van der Waals surface area contributed by atoms with E-state index in [4.69, 9.17) is 5.73 Å². The van der Waals surface area contributed by atoms with Gasteiger partial charge in [0.25, 0.3) is 0 Å². The van der Waals surface area contributed by atoms with Crippen molar-refractivity contribution >= 4 is 38.4 Å². The van der Waals surface area contributed by atoms with Gasteiger partial charge in [0.2, 0.25) is 10.0 Å². The zero-order chi connectivity index (χ0) is 14.5. The van der Waals surface area contributed by atoms with Gasteiger partial charge in [-0.1, -0.05) is 6.07 Å². The molecule has 3 rings (SSSR count). The predicted molar refractivity (Wildman–Crippen MR) is 89.1 cm³/mol. The summed E-state index contributed by atoms with van der Waals surface area (Å²) in [6.45, 7) is 3.08. The van der Waals surface area contributed by atoms with E-state index in [0.29, 0.717) is 34.3 Å². The highest BCUT2D eigenvalue weighted by Crippen LogP contribution is 2.40. The van der Waals surface area contributed by atoms with Crippen molar-refractivity contribution in [3.8, 4) is 0 Å². The lowest BCUT2D eigenvalue weighted by Crippen LogP contribution is -2.33. The monoisotopic (exact) mass is 394 g/mol. The second kappa shape index (κ2) is 6.16. The van der Waals surface area contributed by atoms with Crippen LogP contribution < -0.4 is 5.73 Å². The second-order valence-electron chi connectivity index (χ2n) is 5.92. The Balaban J connectivity index is 0.00000161. The van der Waals surface area contributed by atoms with Gasteiger partial charge in [0.15, 0.2) is 0 Å². The highest BCUT2D eigenvalue weighted by molar-refractivity contribution is 9.10. The van der Waals surface area contributed by atoms with E-state index in [1.54, 1.807) is 16.4 Å². The molecule has 3 unspecified atom stereocenters. The Morgan fingerprint density at radius 1 is 1.29 bits per heavy atom. The van der Waals surface area contributed by atoms with Crippen molar-refractivity contribution in [3.05, 3.63) is 28.2 Å². The van der Waals surface area contributed by atoms with Crippen molar-refractivity contribution < 1.29 is 8.42 Å². The summed E-state index contributed by atoms with van der Waals surface area (Å²) >= 11 is 3.36. The van der Waals surface area contributed by atoms with Gasteiger partial charge >= 0.3 is 0 Å². The third-order valence-corrected chi connectivity index (χ3v) is 7.41. The maximum absolute atomic E-state index is 12.8. The number of fused-ring (bicyclic) bond motifs is 1. The number of benzene rings is 1. The molecule has 118 valence electrons. The van der Waals surface area contributed by atoms with Crippen molar-refractivity contribution in [2.75, 3.05) is 13.1 Å². The number of sulfonamides is 1. The van der Waals surface area contributed by atoms with Crippen LogP contribution in [-0.4, -0.2) is 31.9 Å². The fraction of sp³-hybridized carbons (Fsp3) is 0.571. The first-order valence-electron chi connectivity index (χ1n) is 6.91. The van der Waals surface area contributed by atoms with Gasteiger partial charge in [-0.15, -0.1) is 12.4 Å². The number of aryl methyl sites for hydroxylation is 1. The maximum Gasteiger partial charge on any atom is 0.244 e. The summed E-state index contributed by atoms with van der Waals surface area (Å²) in [6.07, 6.45) is 2.07. The molecule has 4 nitrogen and oxygen atoms in total. The first-order chi connectivity index (χ1) is 9.39. The molecule has 3 atom stereocenters. The van der Waals surface area contributed by atoms with Crippen LogP contribution in [0.2, 0.25) is 0 Å². The SMILES string of the molecule is Cc1ccc(Br)c(S(=O)(=O)N2CC3CCC(N)C3C2)c1.Cl. The van der Waals surface area contributed by atoms with Crippen molar-refractivity contribution in [3.63, 3.8) is 0 Å². The lowest BCUT2D eigenvalue weighted by molar-refractivity contribution is 0.427. The fourth-order valence-electron chi connectivity index (χ4n) is 3.41. The number of hydrogen-bond donors (Lipinski definition) is 1. The van der Waals surface area contributed by atoms with Gasteiger partial charge in [0.05, 0.1) is 4.90 Å². The lowest BCUT2D eigenvalue weighted by Gasteiger charge is -2.19. The molecule has 2 fully saturated rings. The Labute approximate surface area is 140 Å². The Morgan fingerprint density at radius 2 is 2.00 bits per heavy atom. The molecule has 0 spiro atoms. The van der Waals surface area contributed by atoms with Gasteiger partial charge in [0, 0.05) is 23.6 Å². The third kappa shape index (κ3) is 3.01. The average molecular weight is 396 g/mol. The molecule has 1 aromatic carbocycles. The van der Waals surface area contributed by atoms with Crippen LogP contribution in [0.15, 0.2) is 27.6 Å². The van der Waals surface area contributed by atoms with Crippen LogP contribution in [0.25, 0.3) is 0 Å². The van der Waals surface area contributed by atoms with Gasteiger partial charge in [-0.2, -0.15) is 4.31 Å². The first-order valence-corrected chi connectivity index (χ1v) is 9.15. The summed E-state index contributed by atoms with van der Waals surface area (Å²) in [5, 5.41) is 0. The highest BCUT2D eigenvalue weighted by Gasteiger charge is 2.45. The Hall–Kier alpha value is -0.140. The molecule has 1 saturated heterocycles. The number of nitrogens with two attached hydrogens (primary N) is 1. The summed E-state index contributed by atoms with van der Waals surface area (Å²) in [4.78, 5) is 0.367. The number of halogens is 2. The maximum atomic E-state index is 12.8. The lowest BCUT2D eigenvalue weighted by atomic mass is 9.98. The van der Waals surface area contributed by atoms with E-state index in [1.807, 2.05) is 13.0 Å². The highest BCUT2D eigenvalue weighted by atomic mass is 79.9. The summed E-state index contributed by atoms with van der Waals surface area (Å²) in [7, 11) is -3.43. The summed E-state index contributed by atoms with van der Waals surface area (Å²) in [5.74, 6) is 0.761. The van der Waals surface area contributed by atoms with Gasteiger partial charge in [-0.3, -0.25) is 0 Å². The van der Waals surface area contributed by atoms with Gasteiger partial charge in [0.1, 0.15) is 0 Å². The van der Waals surface area contributed by atoms with E-state index in [9.17, 15) is 8.42 Å². The largest absolute Gasteiger partial charge is 0.327 e.